The molecule has 98 valence electrons. The Hall–Kier alpha value is -1.36. The number of likely N-dealkylation sites (tertiary alicyclic amines) is 1. The molecule has 0 saturated carbocycles. The minimum Gasteiger partial charge on any atom is -0.480 e. The maximum absolute atomic E-state index is 12.4. The number of rotatable bonds is 3. The molecule has 1 fully saturated rings. The molecule has 1 aliphatic heterocycles. The fourth-order valence-corrected chi connectivity index (χ4v) is 3.12. The molecule has 2 atom stereocenters. The van der Waals surface area contributed by atoms with Crippen LogP contribution in [0.4, 0.5) is 0 Å². The molecular formula is C13H17NO3S. The molecule has 1 aromatic rings. The molecule has 1 aromatic heterocycles. The number of carbonyl (C=O) groups excluding carboxylic acids is 1. The summed E-state index contributed by atoms with van der Waals surface area (Å²) in [7, 11) is 0. The van der Waals surface area contributed by atoms with E-state index in [1.807, 2.05) is 23.8 Å². The normalized spacial score (nSPS) is 21.6. The van der Waals surface area contributed by atoms with Crippen LogP contribution in [0.1, 0.15) is 37.7 Å². The molecule has 1 amide bonds. The van der Waals surface area contributed by atoms with Crippen LogP contribution in [0.25, 0.3) is 0 Å². The van der Waals surface area contributed by atoms with E-state index in [4.69, 9.17) is 0 Å². The van der Waals surface area contributed by atoms with Crippen molar-refractivity contribution in [3.8, 4) is 0 Å². The van der Waals surface area contributed by atoms with Gasteiger partial charge in [-0.2, -0.15) is 11.3 Å². The van der Waals surface area contributed by atoms with E-state index < -0.39 is 12.0 Å². The van der Waals surface area contributed by atoms with Gasteiger partial charge in [0.2, 0.25) is 5.91 Å². The van der Waals surface area contributed by atoms with Crippen molar-refractivity contribution < 1.29 is 14.7 Å². The third-order valence-corrected chi connectivity index (χ3v) is 4.19. The van der Waals surface area contributed by atoms with Crippen molar-refractivity contribution >= 4 is 23.2 Å². The third kappa shape index (κ3) is 2.56. The van der Waals surface area contributed by atoms with Crippen LogP contribution in [-0.2, 0) is 9.59 Å². The van der Waals surface area contributed by atoms with E-state index in [-0.39, 0.29) is 11.8 Å². The first kappa shape index (κ1) is 13.1. The van der Waals surface area contributed by atoms with E-state index in [9.17, 15) is 14.7 Å². The van der Waals surface area contributed by atoms with E-state index in [1.54, 1.807) is 11.3 Å². The zero-order chi connectivity index (χ0) is 13.1. The highest BCUT2D eigenvalue weighted by atomic mass is 32.1. The summed E-state index contributed by atoms with van der Waals surface area (Å²) < 4.78 is 0. The van der Waals surface area contributed by atoms with Crippen LogP contribution in [0.5, 0.6) is 0 Å². The lowest BCUT2D eigenvalue weighted by Gasteiger charge is -2.34. The summed E-state index contributed by atoms with van der Waals surface area (Å²) >= 11 is 1.55. The van der Waals surface area contributed by atoms with Gasteiger partial charge in [0.05, 0.1) is 5.92 Å². The number of amides is 1. The SMILES string of the molecule is C[C@@H](C(=O)N1CCCC[C@H]1C(=O)O)c1ccsc1. The molecule has 2 heterocycles. The Labute approximate surface area is 110 Å². The first-order valence-electron chi connectivity index (χ1n) is 6.16. The van der Waals surface area contributed by atoms with E-state index in [2.05, 4.69) is 0 Å². The van der Waals surface area contributed by atoms with Gasteiger partial charge in [-0.25, -0.2) is 4.79 Å². The van der Waals surface area contributed by atoms with Crippen molar-refractivity contribution in [1.82, 2.24) is 4.90 Å². The third-order valence-electron chi connectivity index (χ3n) is 3.48. The maximum Gasteiger partial charge on any atom is 0.326 e. The molecule has 1 saturated heterocycles. The van der Waals surface area contributed by atoms with Gasteiger partial charge in [0.15, 0.2) is 0 Å². The van der Waals surface area contributed by atoms with Gasteiger partial charge < -0.3 is 10.0 Å². The number of nitrogens with zero attached hydrogens (tertiary/aromatic N) is 1. The molecule has 1 aliphatic rings. The van der Waals surface area contributed by atoms with Crippen LogP contribution in [0.3, 0.4) is 0 Å². The standard InChI is InChI=1S/C13H17NO3S/c1-9(10-5-7-18-8-10)12(15)14-6-3-2-4-11(14)13(16)17/h5,7-9,11H,2-4,6H2,1H3,(H,16,17)/t9-,11+/m1/s1. The Morgan fingerprint density at radius 2 is 2.28 bits per heavy atom. The van der Waals surface area contributed by atoms with Crippen LogP contribution in [0.15, 0.2) is 16.8 Å². The Morgan fingerprint density at radius 3 is 2.89 bits per heavy atom. The first-order valence-corrected chi connectivity index (χ1v) is 7.11. The van der Waals surface area contributed by atoms with Crippen molar-refractivity contribution in [2.24, 2.45) is 0 Å². The molecule has 0 radical (unpaired) electrons. The van der Waals surface area contributed by atoms with Crippen LogP contribution in [-0.4, -0.2) is 34.5 Å². The second-order valence-electron chi connectivity index (χ2n) is 4.66. The molecule has 0 spiro atoms. The molecule has 5 heteroatoms. The lowest BCUT2D eigenvalue weighted by atomic mass is 9.97. The number of aliphatic carboxylic acids is 1. The predicted octanol–water partition coefficient (Wildman–Crippen LogP) is 2.32. The highest BCUT2D eigenvalue weighted by Crippen LogP contribution is 2.25. The fraction of sp³-hybridized carbons (Fsp3) is 0.538. The fourth-order valence-electron chi connectivity index (χ4n) is 2.36. The van der Waals surface area contributed by atoms with Crippen LogP contribution in [0.2, 0.25) is 0 Å². The van der Waals surface area contributed by atoms with Crippen LogP contribution >= 0.6 is 11.3 Å². The second-order valence-corrected chi connectivity index (χ2v) is 5.44. The van der Waals surface area contributed by atoms with Crippen molar-refractivity contribution in [2.75, 3.05) is 6.54 Å². The van der Waals surface area contributed by atoms with Crippen LogP contribution < -0.4 is 0 Å². The van der Waals surface area contributed by atoms with Crippen molar-refractivity contribution in [1.29, 1.82) is 0 Å². The summed E-state index contributed by atoms with van der Waals surface area (Å²) in [5.74, 6) is -1.21. The second kappa shape index (κ2) is 5.52. The topological polar surface area (TPSA) is 57.6 Å². The summed E-state index contributed by atoms with van der Waals surface area (Å²) in [5.41, 5.74) is 0.972. The molecule has 2 rings (SSSR count). The highest BCUT2D eigenvalue weighted by molar-refractivity contribution is 7.08. The maximum atomic E-state index is 12.4. The van der Waals surface area contributed by atoms with Crippen molar-refractivity contribution in [2.45, 2.75) is 38.1 Å². The summed E-state index contributed by atoms with van der Waals surface area (Å²) in [6, 6.07) is 1.28. The van der Waals surface area contributed by atoms with Gasteiger partial charge >= 0.3 is 5.97 Å². The lowest BCUT2D eigenvalue weighted by Crippen LogP contribution is -2.49. The number of hydrogen-bond acceptors (Lipinski definition) is 3. The van der Waals surface area contributed by atoms with E-state index >= 15 is 0 Å². The number of carboxylic acid groups (broad SMARTS) is 1. The Bertz CT molecular complexity index is 429. The van der Waals surface area contributed by atoms with Crippen molar-refractivity contribution in [3.05, 3.63) is 22.4 Å². The largest absolute Gasteiger partial charge is 0.480 e. The minimum atomic E-state index is -0.888. The Kier molecular flexibility index (Phi) is 4.01. The number of carbonyl (C=O) groups is 2. The molecule has 4 nitrogen and oxygen atoms in total. The summed E-state index contributed by atoms with van der Waals surface area (Å²) in [6.07, 6.45) is 2.34. The smallest absolute Gasteiger partial charge is 0.326 e. The van der Waals surface area contributed by atoms with Gasteiger partial charge in [0.25, 0.3) is 0 Å². The quantitative estimate of drug-likeness (QED) is 0.914. The molecule has 0 aromatic carbocycles. The molecule has 0 unspecified atom stereocenters. The molecule has 18 heavy (non-hydrogen) atoms. The zero-order valence-corrected chi connectivity index (χ0v) is 11.2. The zero-order valence-electron chi connectivity index (χ0n) is 10.3. The Balaban J connectivity index is 2.13. The summed E-state index contributed by atoms with van der Waals surface area (Å²) in [4.78, 5) is 25.1. The number of thiophene rings is 1. The van der Waals surface area contributed by atoms with Gasteiger partial charge in [0, 0.05) is 6.54 Å². The highest BCUT2D eigenvalue weighted by Gasteiger charge is 2.34. The number of piperidine rings is 1. The van der Waals surface area contributed by atoms with E-state index in [0.29, 0.717) is 13.0 Å². The average molecular weight is 267 g/mol. The number of carboxylic acids is 1. The van der Waals surface area contributed by atoms with Crippen LogP contribution in [0, 0.1) is 0 Å². The molecule has 0 bridgehead atoms. The molecule has 0 aliphatic carbocycles. The summed E-state index contributed by atoms with van der Waals surface area (Å²) in [6.45, 7) is 2.40. The minimum absolute atomic E-state index is 0.0690. The summed E-state index contributed by atoms with van der Waals surface area (Å²) in [5, 5.41) is 13.1. The van der Waals surface area contributed by atoms with Gasteiger partial charge in [-0.3, -0.25) is 4.79 Å². The predicted molar refractivity (Wildman–Crippen MR) is 69.7 cm³/mol. The van der Waals surface area contributed by atoms with E-state index in [1.165, 1.54) is 4.90 Å². The average Bonchev–Trinajstić information content (AvgIpc) is 2.90. The van der Waals surface area contributed by atoms with E-state index in [0.717, 1.165) is 18.4 Å². The van der Waals surface area contributed by atoms with Gasteiger partial charge in [-0.1, -0.05) is 0 Å². The monoisotopic (exact) mass is 267 g/mol. The van der Waals surface area contributed by atoms with Gasteiger partial charge in [0.1, 0.15) is 6.04 Å². The Morgan fingerprint density at radius 1 is 1.50 bits per heavy atom. The van der Waals surface area contributed by atoms with Gasteiger partial charge in [-0.05, 0) is 48.6 Å². The van der Waals surface area contributed by atoms with Gasteiger partial charge in [-0.15, -0.1) is 0 Å². The molecular weight excluding hydrogens is 250 g/mol. The van der Waals surface area contributed by atoms with Crippen molar-refractivity contribution in [3.63, 3.8) is 0 Å². The molecule has 1 N–H and O–H groups in total. The lowest BCUT2D eigenvalue weighted by molar-refractivity contribution is -0.152. The first-order chi connectivity index (χ1) is 8.61. The number of hydrogen-bond donors (Lipinski definition) is 1.